The number of carboxylic acid groups (broad SMARTS) is 1. The van der Waals surface area contributed by atoms with Crippen LogP contribution in [0.3, 0.4) is 0 Å². The molecule has 0 aliphatic heterocycles. The Balaban J connectivity index is 2.29. The van der Waals surface area contributed by atoms with Crippen molar-refractivity contribution in [1.82, 2.24) is 0 Å². The predicted molar refractivity (Wildman–Crippen MR) is 78.1 cm³/mol. The summed E-state index contributed by atoms with van der Waals surface area (Å²) in [4.78, 5) is 23.2. The maximum absolute atomic E-state index is 12.1. The number of carbonyl (C=O) groups is 2. The molecule has 98 valence electrons. The van der Waals surface area contributed by atoms with Crippen molar-refractivity contribution in [1.29, 1.82) is 0 Å². The first kappa shape index (κ1) is 13.8. The molecule has 4 nitrogen and oxygen atoms in total. The number of rotatable bonds is 3. The highest BCUT2D eigenvalue weighted by molar-refractivity contribution is 9.10. The van der Waals surface area contributed by atoms with Crippen molar-refractivity contribution in [2.45, 2.75) is 6.92 Å². The highest BCUT2D eigenvalue weighted by atomic mass is 79.9. The van der Waals surface area contributed by atoms with Crippen molar-refractivity contribution in [3.05, 3.63) is 50.1 Å². The summed E-state index contributed by atoms with van der Waals surface area (Å²) in [7, 11) is 0. The van der Waals surface area contributed by atoms with Gasteiger partial charge in [-0.15, -0.1) is 11.3 Å². The molecule has 0 atom stereocenters. The van der Waals surface area contributed by atoms with Gasteiger partial charge in [0.05, 0.1) is 5.69 Å². The Morgan fingerprint density at radius 2 is 2.05 bits per heavy atom. The molecular formula is C13H10BrNO3S. The van der Waals surface area contributed by atoms with E-state index in [2.05, 4.69) is 21.2 Å². The molecule has 6 heteroatoms. The molecule has 0 saturated carbocycles. The van der Waals surface area contributed by atoms with Gasteiger partial charge in [0.15, 0.2) is 0 Å². The lowest BCUT2D eigenvalue weighted by Gasteiger charge is -2.08. The topological polar surface area (TPSA) is 66.4 Å². The van der Waals surface area contributed by atoms with E-state index in [1.807, 2.05) is 13.0 Å². The summed E-state index contributed by atoms with van der Waals surface area (Å²) in [6.45, 7) is 1.82. The molecule has 1 aromatic heterocycles. The maximum atomic E-state index is 12.1. The molecule has 2 aromatic rings. The normalized spacial score (nSPS) is 10.2. The number of hydrogen-bond acceptors (Lipinski definition) is 3. The first-order valence-corrected chi connectivity index (χ1v) is 7.05. The van der Waals surface area contributed by atoms with Crippen LogP contribution in [0.1, 0.15) is 25.6 Å². The smallest absolute Gasteiger partial charge is 0.348 e. The van der Waals surface area contributed by atoms with E-state index in [0.29, 0.717) is 11.3 Å². The largest absolute Gasteiger partial charge is 0.477 e. The standard InChI is InChI=1S/C13H10BrNO3S/c1-7-8(3-2-4-9(7)14)12(16)15-10-5-6-19-11(10)13(17)18/h2-6H,1H3,(H,15,16)(H,17,18). The van der Waals surface area contributed by atoms with Crippen molar-refractivity contribution in [2.75, 3.05) is 5.32 Å². The zero-order valence-electron chi connectivity index (χ0n) is 9.94. The van der Waals surface area contributed by atoms with Gasteiger partial charge in [-0.2, -0.15) is 0 Å². The quantitative estimate of drug-likeness (QED) is 0.894. The Hall–Kier alpha value is -1.66. The SMILES string of the molecule is Cc1c(Br)cccc1C(=O)Nc1ccsc1C(=O)O. The van der Waals surface area contributed by atoms with E-state index in [-0.39, 0.29) is 10.8 Å². The molecule has 0 fully saturated rings. The second-order valence-corrected chi connectivity index (χ2v) is 5.61. The molecule has 0 spiro atoms. The van der Waals surface area contributed by atoms with Gasteiger partial charge in [-0.3, -0.25) is 4.79 Å². The van der Waals surface area contributed by atoms with Crippen LogP contribution in [0.25, 0.3) is 0 Å². The Labute approximate surface area is 122 Å². The van der Waals surface area contributed by atoms with E-state index in [0.717, 1.165) is 21.4 Å². The van der Waals surface area contributed by atoms with Crippen LogP contribution in [0.4, 0.5) is 5.69 Å². The predicted octanol–water partition coefficient (Wildman–Crippen LogP) is 3.77. The fourth-order valence-corrected chi connectivity index (χ4v) is 2.67. The molecule has 0 bridgehead atoms. The molecular weight excluding hydrogens is 330 g/mol. The lowest BCUT2D eigenvalue weighted by molar-refractivity contribution is 0.0703. The van der Waals surface area contributed by atoms with Crippen LogP contribution in [0, 0.1) is 6.92 Å². The van der Waals surface area contributed by atoms with Crippen LogP contribution in [0.5, 0.6) is 0 Å². The van der Waals surface area contributed by atoms with Gasteiger partial charge in [-0.05, 0) is 36.1 Å². The summed E-state index contributed by atoms with van der Waals surface area (Å²) in [5.41, 5.74) is 1.64. The van der Waals surface area contributed by atoms with E-state index in [1.54, 1.807) is 23.6 Å². The molecule has 0 aliphatic rings. The van der Waals surface area contributed by atoms with Crippen LogP contribution in [0.15, 0.2) is 34.1 Å². The van der Waals surface area contributed by atoms with E-state index >= 15 is 0 Å². The summed E-state index contributed by atoms with van der Waals surface area (Å²) in [6, 6.07) is 6.89. The fourth-order valence-electron chi connectivity index (χ4n) is 1.62. The molecule has 1 heterocycles. The van der Waals surface area contributed by atoms with Crippen LogP contribution in [-0.4, -0.2) is 17.0 Å². The number of halogens is 1. The molecule has 19 heavy (non-hydrogen) atoms. The van der Waals surface area contributed by atoms with E-state index in [4.69, 9.17) is 5.11 Å². The first-order chi connectivity index (χ1) is 9.00. The molecule has 0 radical (unpaired) electrons. The van der Waals surface area contributed by atoms with Gasteiger partial charge in [0.2, 0.25) is 0 Å². The van der Waals surface area contributed by atoms with E-state index in [1.165, 1.54) is 0 Å². The Kier molecular flexibility index (Phi) is 4.01. The molecule has 2 rings (SSSR count). The highest BCUT2D eigenvalue weighted by Crippen LogP contribution is 2.24. The summed E-state index contributed by atoms with van der Waals surface area (Å²) in [5.74, 6) is -1.36. The van der Waals surface area contributed by atoms with Crippen molar-refractivity contribution in [3.8, 4) is 0 Å². The third-order valence-electron chi connectivity index (χ3n) is 2.62. The van der Waals surface area contributed by atoms with Gasteiger partial charge in [0.1, 0.15) is 4.88 Å². The highest BCUT2D eigenvalue weighted by Gasteiger charge is 2.16. The average Bonchev–Trinajstić information content (AvgIpc) is 2.80. The number of aromatic carboxylic acids is 1. The van der Waals surface area contributed by atoms with Crippen LogP contribution in [-0.2, 0) is 0 Å². The third kappa shape index (κ3) is 2.85. The average molecular weight is 340 g/mol. The maximum Gasteiger partial charge on any atom is 0.348 e. The second-order valence-electron chi connectivity index (χ2n) is 3.84. The van der Waals surface area contributed by atoms with Gasteiger partial charge in [0, 0.05) is 10.0 Å². The zero-order chi connectivity index (χ0) is 14.0. The fraction of sp³-hybridized carbons (Fsp3) is 0.0769. The molecule has 0 aliphatic carbocycles. The number of anilines is 1. The van der Waals surface area contributed by atoms with Crippen molar-refractivity contribution in [3.63, 3.8) is 0 Å². The Morgan fingerprint density at radius 1 is 1.32 bits per heavy atom. The number of carboxylic acids is 1. The lowest BCUT2D eigenvalue weighted by Crippen LogP contribution is -2.14. The minimum atomic E-state index is -1.05. The minimum absolute atomic E-state index is 0.126. The summed E-state index contributed by atoms with van der Waals surface area (Å²) >= 11 is 4.44. The molecule has 0 saturated heterocycles. The summed E-state index contributed by atoms with van der Waals surface area (Å²) in [5, 5.41) is 13.2. The van der Waals surface area contributed by atoms with Gasteiger partial charge in [-0.1, -0.05) is 22.0 Å². The number of hydrogen-bond donors (Lipinski definition) is 2. The van der Waals surface area contributed by atoms with E-state index in [9.17, 15) is 9.59 Å². The van der Waals surface area contributed by atoms with Crippen molar-refractivity contribution in [2.24, 2.45) is 0 Å². The van der Waals surface area contributed by atoms with Crippen LogP contribution in [0.2, 0.25) is 0 Å². The van der Waals surface area contributed by atoms with Crippen molar-refractivity contribution >= 4 is 44.8 Å². The van der Waals surface area contributed by atoms with Crippen LogP contribution >= 0.6 is 27.3 Å². The van der Waals surface area contributed by atoms with Crippen LogP contribution < -0.4 is 5.32 Å². The third-order valence-corrected chi connectivity index (χ3v) is 4.38. The number of nitrogens with one attached hydrogen (secondary N) is 1. The second kappa shape index (κ2) is 5.54. The summed E-state index contributed by atoms with van der Waals surface area (Å²) < 4.78 is 0.837. The van der Waals surface area contributed by atoms with Gasteiger partial charge < -0.3 is 10.4 Å². The minimum Gasteiger partial charge on any atom is -0.477 e. The molecule has 2 N–H and O–H groups in total. The molecule has 1 aromatic carbocycles. The van der Waals surface area contributed by atoms with Crippen molar-refractivity contribution < 1.29 is 14.7 Å². The first-order valence-electron chi connectivity index (χ1n) is 5.38. The lowest BCUT2D eigenvalue weighted by atomic mass is 10.1. The Morgan fingerprint density at radius 3 is 2.74 bits per heavy atom. The Bertz CT molecular complexity index is 651. The molecule has 1 amide bonds. The van der Waals surface area contributed by atoms with Gasteiger partial charge >= 0.3 is 5.97 Å². The number of thiophene rings is 1. The number of benzene rings is 1. The van der Waals surface area contributed by atoms with E-state index < -0.39 is 5.97 Å². The summed E-state index contributed by atoms with van der Waals surface area (Å²) in [6.07, 6.45) is 0. The molecule has 0 unspecified atom stereocenters. The monoisotopic (exact) mass is 339 g/mol. The number of amides is 1. The zero-order valence-corrected chi connectivity index (χ0v) is 12.3. The van der Waals surface area contributed by atoms with Gasteiger partial charge in [0.25, 0.3) is 5.91 Å². The van der Waals surface area contributed by atoms with Gasteiger partial charge in [-0.25, -0.2) is 4.79 Å². The number of carbonyl (C=O) groups excluding carboxylic acids is 1.